The average Bonchev–Trinajstić information content (AvgIpc) is 2.82. The summed E-state index contributed by atoms with van der Waals surface area (Å²) in [5, 5.41) is 0. The summed E-state index contributed by atoms with van der Waals surface area (Å²) in [4.78, 5) is 28.2. The van der Waals surface area contributed by atoms with Crippen LogP contribution in [-0.2, 0) is 24.3 Å². The van der Waals surface area contributed by atoms with Crippen molar-refractivity contribution in [2.45, 2.75) is 50.2 Å². The number of ether oxygens (including phenoxy) is 1. The smallest absolute Gasteiger partial charge is 0.325 e. The second kappa shape index (κ2) is 10.7. The first kappa shape index (κ1) is 23.9. The summed E-state index contributed by atoms with van der Waals surface area (Å²) in [5.41, 5.74) is 0.560. The van der Waals surface area contributed by atoms with Gasteiger partial charge >= 0.3 is 5.97 Å². The molecule has 8 heteroatoms. The highest BCUT2D eigenvalue weighted by molar-refractivity contribution is 7.89. The maximum atomic E-state index is 13.2. The monoisotopic (exact) mass is 458 g/mol. The molecule has 32 heavy (non-hydrogen) atoms. The Morgan fingerprint density at radius 1 is 0.906 bits per heavy atom. The van der Waals surface area contributed by atoms with E-state index >= 15 is 0 Å². The third-order valence-electron chi connectivity index (χ3n) is 5.48. The van der Waals surface area contributed by atoms with E-state index in [4.69, 9.17) is 4.74 Å². The van der Waals surface area contributed by atoms with Crippen LogP contribution in [0.1, 0.15) is 44.8 Å². The fourth-order valence-corrected chi connectivity index (χ4v) is 5.00. The molecule has 3 rings (SSSR count). The molecule has 2 aromatic rings. The molecule has 1 N–H and O–H groups in total. The van der Waals surface area contributed by atoms with Gasteiger partial charge in [0.2, 0.25) is 16.1 Å². The van der Waals surface area contributed by atoms with Crippen LogP contribution in [0.4, 0.5) is 0 Å². The summed E-state index contributed by atoms with van der Waals surface area (Å²) in [6.45, 7) is 4.69. The molecule has 1 aliphatic rings. The molecule has 0 saturated carbocycles. The lowest BCUT2D eigenvalue weighted by molar-refractivity contribution is -0.163. The van der Waals surface area contributed by atoms with Crippen LogP contribution in [0.3, 0.4) is 0 Å². The number of benzene rings is 2. The van der Waals surface area contributed by atoms with E-state index in [2.05, 4.69) is 4.72 Å². The largest absolute Gasteiger partial charge is 0.446 e. The molecule has 0 aliphatic carbocycles. The molecular weight excluding hydrogens is 428 g/mol. The van der Waals surface area contributed by atoms with Crippen LogP contribution >= 0.6 is 0 Å². The van der Waals surface area contributed by atoms with E-state index in [0.717, 1.165) is 19.3 Å². The average molecular weight is 459 g/mol. The number of sulfonamides is 1. The Bertz CT molecular complexity index is 1000. The first-order chi connectivity index (χ1) is 15.3. The summed E-state index contributed by atoms with van der Waals surface area (Å²) in [6.07, 6.45) is 1.76. The Kier molecular flexibility index (Phi) is 8.04. The van der Waals surface area contributed by atoms with Gasteiger partial charge in [-0.05, 0) is 37.3 Å². The van der Waals surface area contributed by atoms with Crippen LogP contribution in [0.2, 0.25) is 0 Å². The van der Waals surface area contributed by atoms with Crippen molar-refractivity contribution in [2.24, 2.45) is 5.92 Å². The SMILES string of the molecule is CC(C)[C@@H](NS(=O)(=O)c1ccccc1)C(=O)O[C@H](C(=O)N1CCCCC1)c1ccccc1. The van der Waals surface area contributed by atoms with Crippen LogP contribution in [0.25, 0.3) is 0 Å². The van der Waals surface area contributed by atoms with E-state index in [9.17, 15) is 18.0 Å². The van der Waals surface area contributed by atoms with E-state index in [1.165, 1.54) is 12.1 Å². The standard InChI is InChI=1S/C24H30N2O5S/c1-18(2)21(25-32(29,30)20-14-8-4-9-15-20)24(28)31-22(19-12-6-3-7-13-19)23(27)26-16-10-5-11-17-26/h3-4,6-9,12-15,18,21-22,25H,5,10-11,16-17H2,1-2H3/t21-,22+/m1/s1. The van der Waals surface area contributed by atoms with Crippen molar-refractivity contribution in [3.63, 3.8) is 0 Å². The predicted molar refractivity (Wildman–Crippen MR) is 121 cm³/mol. The molecule has 7 nitrogen and oxygen atoms in total. The second-order valence-electron chi connectivity index (χ2n) is 8.27. The molecule has 0 unspecified atom stereocenters. The van der Waals surface area contributed by atoms with E-state index < -0.39 is 28.1 Å². The second-order valence-corrected chi connectivity index (χ2v) is 9.98. The summed E-state index contributed by atoms with van der Waals surface area (Å²) >= 11 is 0. The summed E-state index contributed by atoms with van der Waals surface area (Å²) in [5.74, 6) is -1.45. The van der Waals surface area contributed by atoms with Gasteiger partial charge in [-0.1, -0.05) is 62.4 Å². The minimum atomic E-state index is -3.94. The van der Waals surface area contributed by atoms with Gasteiger partial charge in [0.15, 0.2) is 0 Å². The summed E-state index contributed by atoms with van der Waals surface area (Å²) < 4.78 is 33.7. The van der Waals surface area contributed by atoms with Gasteiger partial charge in [0.05, 0.1) is 4.90 Å². The highest BCUT2D eigenvalue weighted by Crippen LogP contribution is 2.24. The number of esters is 1. The molecule has 2 aromatic carbocycles. The number of carbonyl (C=O) groups excluding carboxylic acids is 2. The lowest BCUT2D eigenvalue weighted by Crippen LogP contribution is -2.47. The number of rotatable bonds is 8. The number of nitrogens with one attached hydrogen (secondary N) is 1. The Labute approximate surface area is 189 Å². The molecule has 0 aromatic heterocycles. The van der Waals surface area contributed by atoms with Gasteiger partial charge in [-0.3, -0.25) is 9.59 Å². The van der Waals surface area contributed by atoms with E-state index in [1.54, 1.807) is 61.2 Å². The molecule has 0 bridgehead atoms. The molecule has 1 saturated heterocycles. The minimum Gasteiger partial charge on any atom is -0.446 e. The van der Waals surface area contributed by atoms with Gasteiger partial charge in [0.1, 0.15) is 6.04 Å². The quantitative estimate of drug-likeness (QED) is 0.613. The van der Waals surface area contributed by atoms with E-state index in [1.807, 2.05) is 6.07 Å². The van der Waals surface area contributed by atoms with Crippen molar-refractivity contribution in [3.05, 3.63) is 66.2 Å². The van der Waals surface area contributed by atoms with Crippen molar-refractivity contribution < 1.29 is 22.7 Å². The Morgan fingerprint density at radius 3 is 2.03 bits per heavy atom. The number of hydrogen-bond acceptors (Lipinski definition) is 5. The molecule has 1 aliphatic heterocycles. The third kappa shape index (κ3) is 5.95. The maximum absolute atomic E-state index is 13.2. The van der Waals surface area contributed by atoms with Crippen LogP contribution in [0.15, 0.2) is 65.6 Å². The first-order valence-electron chi connectivity index (χ1n) is 10.9. The van der Waals surface area contributed by atoms with Crippen LogP contribution in [-0.4, -0.2) is 44.3 Å². The molecule has 1 heterocycles. The maximum Gasteiger partial charge on any atom is 0.325 e. The van der Waals surface area contributed by atoms with Crippen molar-refractivity contribution in [1.82, 2.24) is 9.62 Å². The number of likely N-dealkylation sites (tertiary alicyclic amines) is 1. The summed E-state index contributed by atoms with van der Waals surface area (Å²) in [6, 6.07) is 15.5. The number of amides is 1. The zero-order chi connectivity index (χ0) is 23.1. The first-order valence-corrected chi connectivity index (χ1v) is 12.4. The number of carbonyl (C=O) groups is 2. The number of nitrogens with zero attached hydrogens (tertiary/aromatic N) is 1. The highest BCUT2D eigenvalue weighted by Gasteiger charge is 2.35. The molecule has 0 radical (unpaired) electrons. The van der Waals surface area contributed by atoms with Crippen LogP contribution in [0.5, 0.6) is 0 Å². The van der Waals surface area contributed by atoms with Gasteiger partial charge in [-0.2, -0.15) is 4.72 Å². The number of hydrogen-bond donors (Lipinski definition) is 1. The van der Waals surface area contributed by atoms with Gasteiger partial charge < -0.3 is 9.64 Å². The van der Waals surface area contributed by atoms with Crippen molar-refractivity contribution in [1.29, 1.82) is 0 Å². The Balaban J connectivity index is 1.83. The van der Waals surface area contributed by atoms with Crippen molar-refractivity contribution in [3.8, 4) is 0 Å². The normalized spacial score (nSPS) is 16.4. The molecule has 172 valence electrons. The van der Waals surface area contributed by atoms with Gasteiger partial charge in [0, 0.05) is 18.7 Å². The zero-order valence-corrected chi connectivity index (χ0v) is 19.3. The summed E-state index contributed by atoms with van der Waals surface area (Å²) in [7, 11) is -3.94. The van der Waals surface area contributed by atoms with Gasteiger partial charge in [-0.15, -0.1) is 0 Å². The van der Waals surface area contributed by atoms with Gasteiger partial charge in [-0.25, -0.2) is 8.42 Å². The molecular formula is C24H30N2O5S. The Hall–Kier alpha value is -2.71. The lowest BCUT2D eigenvalue weighted by atomic mass is 10.0. The number of piperidine rings is 1. The highest BCUT2D eigenvalue weighted by atomic mass is 32.2. The fourth-order valence-electron chi connectivity index (χ4n) is 3.65. The minimum absolute atomic E-state index is 0.0578. The molecule has 1 amide bonds. The molecule has 2 atom stereocenters. The fraction of sp³-hybridized carbons (Fsp3) is 0.417. The third-order valence-corrected chi connectivity index (χ3v) is 6.94. The topological polar surface area (TPSA) is 92.8 Å². The molecule has 0 spiro atoms. The molecule has 1 fully saturated rings. The van der Waals surface area contributed by atoms with Crippen molar-refractivity contribution >= 4 is 21.9 Å². The van der Waals surface area contributed by atoms with Crippen LogP contribution in [0, 0.1) is 5.92 Å². The van der Waals surface area contributed by atoms with Crippen LogP contribution < -0.4 is 4.72 Å². The lowest BCUT2D eigenvalue weighted by Gasteiger charge is -2.31. The Morgan fingerprint density at radius 2 is 1.47 bits per heavy atom. The van der Waals surface area contributed by atoms with Crippen molar-refractivity contribution in [2.75, 3.05) is 13.1 Å². The predicted octanol–water partition coefficient (Wildman–Crippen LogP) is 3.29. The van der Waals surface area contributed by atoms with E-state index in [-0.39, 0.29) is 16.7 Å². The zero-order valence-electron chi connectivity index (χ0n) is 18.4. The van der Waals surface area contributed by atoms with Gasteiger partial charge in [0.25, 0.3) is 5.91 Å². The van der Waals surface area contributed by atoms with E-state index in [0.29, 0.717) is 18.7 Å².